The van der Waals surface area contributed by atoms with Gasteiger partial charge in [0.1, 0.15) is 5.82 Å². The quantitative estimate of drug-likeness (QED) is 0.767. The van der Waals surface area contributed by atoms with E-state index in [0.717, 1.165) is 5.56 Å². The van der Waals surface area contributed by atoms with Gasteiger partial charge in [-0.2, -0.15) is 0 Å². The van der Waals surface area contributed by atoms with Crippen LogP contribution in [0.2, 0.25) is 5.02 Å². The number of carbonyl (C=O) groups is 2. The third-order valence-corrected chi connectivity index (χ3v) is 5.08. The highest BCUT2D eigenvalue weighted by Crippen LogP contribution is 2.30. The Kier molecular flexibility index (Phi) is 5.80. The van der Waals surface area contributed by atoms with Crippen molar-refractivity contribution in [1.29, 1.82) is 0 Å². The Morgan fingerprint density at radius 2 is 1.96 bits per heavy atom. The second kappa shape index (κ2) is 8.09. The molecule has 6 heteroatoms. The first-order chi connectivity index (χ1) is 12.9. The minimum atomic E-state index is -0.534. The first-order valence-electron chi connectivity index (χ1n) is 8.96. The summed E-state index contributed by atoms with van der Waals surface area (Å²) in [5, 5.41) is -0.0389. The lowest BCUT2D eigenvalue weighted by molar-refractivity contribution is -0.138. The fourth-order valence-electron chi connectivity index (χ4n) is 3.31. The van der Waals surface area contributed by atoms with E-state index in [4.69, 9.17) is 11.6 Å². The minimum Gasteiger partial charge on any atom is -0.336 e. The van der Waals surface area contributed by atoms with Gasteiger partial charge in [0.05, 0.1) is 10.9 Å². The molecule has 4 nitrogen and oxygen atoms in total. The van der Waals surface area contributed by atoms with E-state index in [0.29, 0.717) is 12.2 Å². The molecule has 1 atom stereocenters. The van der Waals surface area contributed by atoms with Crippen LogP contribution in [-0.2, 0) is 16.1 Å². The van der Waals surface area contributed by atoms with Crippen LogP contribution >= 0.6 is 11.6 Å². The molecule has 1 saturated heterocycles. The predicted molar refractivity (Wildman–Crippen MR) is 104 cm³/mol. The average molecular weight is 389 g/mol. The smallest absolute Gasteiger partial charge is 0.228 e. The zero-order valence-corrected chi connectivity index (χ0v) is 16.1. The van der Waals surface area contributed by atoms with Crippen LogP contribution < -0.4 is 4.90 Å². The highest BCUT2D eigenvalue weighted by molar-refractivity contribution is 6.31. The van der Waals surface area contributed by atoms with Crippen molar-refractivity contribution in [3.8, 4) is 0 Å². The van der Waals surface area contributed by atoms with Crippen molar-refractivity contribution in [1.82, 2.24) is 4.90 Å². The largest absolute Gasteiger partial charge is 0.336 e. The Morgan fingerprint density at radius 3 is 2.59 bits per heavy atom. The zero-order valence-electron chi connectivity index (χ0n) is 15.4. The van der Waals surface area contributed by atoms with Gasteiger partial charge >= 0.3 is 0 Å². The molecule has 3 rings (SSSR count). The maximum atomic E-state index is 13.4. The Hall–Kier alpha value is -2.40. The second-order valence-electron chi connectivity index (χ2n) is 7.05. The topological polar surface area (TPSA) is 40.6 Å². The molecule has 2 aromatic carbocycles. The Morgan fingerprint density at radius 1 is 1.26 bits per heavy atom. The van der Waals surface area contributed by atoms with Crippen LogP contribution in [0.5, 0.6) is 0 Å². The van der Waals surface area contributed by atoms with Crippen molar-refractivity contribution in [2.45, 2.75) is 32.9 Å². The Labute approximate surface area is 163 Å². The van der Waals surface area contributed by atoms with Gasteiger partial charge in [-0.3, -0.25) is 9.59 Å². The second-order valence-corrected chi connectivity index (χ2v) is 7.46. The van der Waals surface area contributed by atoms with Crippen LogP contribution in [0.25, 0.3) is 0 Å². The molecule has 2 amide bonds. The number of amides is 2. The number of carbonyl (C=O) groups excluding carboxylic acids is 2. The van der Waals surface area contributed by atoms with Crippen molar-refractivity contribution in [3.05, 3.63) is 64.9 Å². The van der Waals surface area contributed by atoms with Gasteiger partial charge in [-0.25, -0.2) is 4.39 Å². The number of hydrogen-bond donors (Lipinski definition) is 0. The lowest BCUT2D eigenvalue weighted by Crippen LogP contribution is -2.41. The van der Waals surface area contributed by atoms with Crippen molar-refractivity contribution < 1.29 is 14.0 Å². The van der Waals surface area contributed by atoms with Gasteiger partial charge in [0.2, 0.25) is 11.8 Å². The van der Waals surface area contributed by atoms with Gasteiger partial charge < -0.3 is 9.80 Å². The van der Waals surface area contributed by atoms with Gasteiger partial charge in [0.15, 0.2) is 0 Å². The molecule has 0 aromatic heterocycles. The maximum absolute atomic E-state index is 13.4. The molecule has 1 aliphatic rings. The molecule has 1 heterocycles. The van der Waals surface area contributed by atoms with E-state index in [-0.39, 0.29) is 35.8 Å². The lowest BCUT2D eigenvalue weighted by Gasteiger charge is -2.29. The molecule has 0 N–H and O–H groups in total. The summed E-state index contributed by atoms with van der Waals surface area (Å²) in [6.07, 6.45) is 0.145. The Balaban J connectivity index is 1.76. The van der Waals surface area contributed by atoms with Gasteiger partial charge in [-0.05, 0) is 37.6 Å². The first kappa shape index (κ1) is 19.4. The summed E-state index contributed by atoms with van der Waals surface area (Å²) in [5.41, 5.74) is 1.56. The molecule has 0 bridgehead atoms. The summed E-state index contributed by atoms with van der Waals surface area (Å²) in [7, 11) is 0. The van der Waals surface area contributed by atoms with E-state index >= 15 is 0 Å². The molecule has 0 spiro atoms. The van der Waals surface area contributed by atoms with Gasteiger partial charge in [0.25, 0.3) is 0 Å². The van der Waals surface area contributed by atoms with Crippen LogP contribution in [0, 0.1) is 11.7 Å². The summed E-state index contributed by atoms with van der Waals surface area (Å²) in [6, 6.07) is 14.0. The number of halogens is 2. The molecule has 0 saturated carbocycles. The van der Waals surface area contributed by atoms with E-state index in [9.17, 15) is 14.0 Å². The number of hydrogen-bond acceptors (Lipinski definition) is 2. The summed E-state index contributed by atoms with van der Waals surface area (Å²) in [5.74, 6) is -1.15. The standard InChI is InChI=1S/C21H22ClFN2O2/c1-14(2)24(12-15-6-4-3-5-7-15)21(27)16-10-20(26)25(13-16)17-8-9-19(23)18(22)11-17/h3-9,11,14,16H,10,12-13H2,1-2H3/t16-/m1/s1. The molecular weight excluding hydrogens is 367 g/mol. The van der Waals surface area contributed by atoms with E-state index in [1.54, 1.807) is 4.90 Å². The molecule has 0 unspecified atom stereocenters. The van der Waals surface area contributed by atoms with E-state index < -0.39 is 11.7 Å². The van der Waals surface area contributed by atoms with Crippen LogP contribution in [0.4, 0.5) is 10.1 Å². The average Bonchev–Trinajstić information content (AvgIpc) is 3.04. The predicted octanol–water partition coefficient (Wildman–Crippen LogP) is 4.27. The normalized spacial score (nSPS) is 16.9. The summed E-state index contributed by atoms with van der Waals surface area (Å²) < 4.78 is 13.4. The fraction of sp³-hybridized carbons (Fsp3) is 0.333. The van der Waals surface area contributed by atoms with Crippen molar-refractivity contribution in [2.24, 2.45) is 5.92 Å². The molecule has 27 heavy (non-hydrogen) atoms. The summed E-state index contributed by atoms with van der Waals surface area (Å²) in [4.78, 5) is 28.9. The molecule has 0 radical (unpaired) electrons. The number of benzene rings is 2. The number of nitrogens with zero attached hydrogens (tertiary/aromatic N) is 2. The lowest BCUT2D eigenvalue weighted by atomic mass is 10.1. The molecule has 1 aliphatic heterocycles. The third-order valence-electron chi connectivity index (χ3n) is 4.79. The molecule has 1 fully saturated rings. The first-order valence-corrected chi connectivity index (χ1v) is 9.34. The molecule has 142 valence electrons. The minimum absolute atomic E-state index is 0.0159. The highest BCUT2D eigenvalue weighted by Gasteiger charge is 2.38. The number of rotatable bonds is 5. The van der Waals surface area contributed by atoms with Gasteiger partial charge in [0, 0.05) is 31.2 Å². The highest BCUT2D eigenvalue weighted by atomic mass is 35.5. The van der Waals surface area contributed by atoms with E-state index in [2.05, 4.69) is 0 Å². The SMILES string of the molecule is CC(C)N(Cc1ccccc1)C(=O)[C@@H]1CC(=O)N(c2ccc(F)c(Cl)c2)C1. The van der Waals surface area contributed by atoms with E-state index in [1.165, 1.54) is 23.1 Å². The zero-order chi connectivity index (χ0) is 19.6. The molecular formula is C21H22ClFN2O2. The van der Waals surface area contributed by atoms with E-state index in [1.807, 2.05) is 44.2 Å². The van der Waals surface area contributed by atoms with Crippen LogP contribution in [-0.4, -0.2) is 29.3 Å². The third kappa shape index (κ3) is 4.30. The summed E-state index contributed by atoms with van der Waals surface area (Å²) in [6.45, 7) is 4.71. The van der Waals surface area contributed by atoms with Crippen molar-refractivity contribution in [2.75, 3.05) is 11.4 Å². The Bertz CT molecular complexity index is 841. The molecule has 2 aromatic rings. The van der Waals surface area contributed by atoms with Crippen molar-refractivity contribution >= 4 is 29.1 Å². The molecule has 0 aliphatic carbocycles. The fourth-order valence-corrected chi connectivity index (χ4v) is 3.48. The van der Waals surface area contributed by atoms with Gasteiger partial charge in [-0.15, -0.1) is 0 Å². The van der Waals surface area contributed by atoms with Crippen LogP contribution in [0.15, 0.2) is 48.5 Å². The van der Waals surface area contributed by atoms with Gasteiger partial charge in [-0.1, -0.05) is 41.9 Å². The van der Waals surface area contributed by atoms with Crippen LogP contribution in [0.1, 0.15) is 25.8 Å². The maximum Gasteiger partial charge on any atom is 0.228 e. The van der Waals surface area contributed by atoms with Crippen molar-refractivity contribution in [3.63, 3.8) is 0 Å². The monoisotopic (exact) mass is 388 g/mol. The summed E-state index contributed by atoms with van der Waals surface area (Å²) >= 11 is 5.83. The number of anilines is 1. The van der Waals surface area contributed by atoms with Crippen LogP contribution in [0.3, 0.4) is 0 Å².